The van der Waals surface area contributed by atoms with Crippen LogP contribution in [0.3, 0.4) is 0 Å². The quantitative estimate of drug-likeness (QED) is 0.735. The van der Waals surface area contributed by atoms with E-state index >= 15 is 0 Å². The van der Waals surface area contributed by atoms with E-state index in [4.69, 9.17) is 4.74 Å². The molecule has 1 heterocycles. The third-order valence-corrected chi connectivity index (χ3v) is 2.07. The third kappa shape index (κ3) is 3.81. The van der Waals surface area contributed by atoms with E-state index < -0.39 is 0 Å². The summed E-state index contributed by atoms with van der Waals surface area (Å²) in [5.74, 6) is 0. The minimum absolute atomic E-state index is 0.403. The second kappa shape index (κ2) is 6.45. The molecule has 0 aliphatic heterocycles. The van der Waals surface area contributed by atoms with Crippen LogP contribution < -0.4 is 5.32 Å². The summed E-state index contributed by atoms with van der Waals surface area (Å²) in [6, 6.07) is 0.403. The molecule has 1 rings (SSSR count). The molecule has 1 aromatic heterocycles. The Morgan fingerprint density at radius 1 is 1.43 bits per heavy atom. The molecule has 0 saturated carbocycles. The van der Waals surface area contributed by atoms with Gasteiger partial charge in [-0.15, -0.1) is 0 Å². The molecular weight excluding hydrogens is 178 g/mol. The summed E-state index contributed by atoms with van der Waals surface area (Å²) in [5.41, 5.74) is 1.10. The molecule has 0 saturated heterocycles. The van der Waals surface area contributed by atoms with Gasteiger partial charge in [0.25, 0.3) is 0 Å². The standard InChI is InChI=1S/C10H17N3O/c1-3-10(7-14-2)13-6-9-4-11-8-12-5-9/h4-5,8,10,13H,3,6-7H2,1-2H3. The maximum atomic E-state index is 5.09. The molecule has 0 aliphatic rings. The molecule has 14 heavy (non-hydrogen) atoms. The SMILES string of the molecule is CCC(COC)NCc1cncnc1. The summed E-state index contributed by atoms with van der Waals surface area (Å²) in [4.78, 5) is 7.90. The molecule has 1 unspecified atom stereocenters. The van der Waals surface area contributed by atoms with E-state index in [0.717, 1.165) is 25.1 Å². The molecule has 0 amide bonds. The van der Waals surface area contributed by atoms with E-state index in [-0.39, 0.29) is 0 Å². The zero-order valence-electron chi connectivity index (χ0n) is 8.73. The van der Waals surface area contributed by atoms with E-state index in [9.17, 15) is 0 Å². The molecule has 4 heteroatoms. The first kappa shape index (κ1) is 11.1. The molecule has 4 nitrogen and oxygen atoms in total. The number of nitrogens with one attached hydrogen (secondary N) is 1. The Labute approximate surface area is 84.7 Å². The van der Waals surface area contributed by atoms with Crippen LogP contribution in [0.4, 0.5) is 0 Å². The number of hydrogen-bond donors (Lipinski definition) is 1. The lowest BCUT2D eigenvalue weighted by molar-refractivity contribution is 0.164. The van der Waals surface area contributed by atoms with Gasteiger partial charge < -0.3 is 10.1 Å². The molecule has 0 spiro atoms. The van der Waals surface area contributed by atoms with Crippen molar-refractivity contribution in [2.45, 2.75) is 25.9 Å². The van der Waals surface area contributed by atoms with Crippen LogP contribution in [0.15, 0.2) is 18.7 Å². The minimum Gasteiger partial charge on any atom is -0.383 e. The zero-order valence-corrected chi connectivity index (χ0v) is 8.73. The Hall–Kier alpha value is -1.00. The van der Waals surface area contributed by atoms with Crippen molar-refractivity contribution in [3.05, 3.63) is 24.3 Å². The van der Waals surface area contributed by atoms with Crippen LogP contribution in [0.5, 0.6) is 0 Å². The summed E-state index contributed by atoms with van der Waals surface area (Å²) >= 11 is 0. The average Bonchev–Trinajstić information content (AvgIpc) is 2.25. The molecule has 78 valence electrons. The highest BCUT2D eigenvalue weighted by Crippen LogP contribution is 1.96. The van der Waals surface area contributed by atoms with Gasteiger partial charge in [-0.1, -0.05) is 6.92 Å². The predicted molar refractivity (Wildman–Crippen MR) is 54.8 cm³/mol. The number of methoxy groups -OCH3 is 1. The van der Waals surface area contributed by atoms with Gasteiger partial charge in [0.1, 0.15) is 6.33 Å². The van der Waals surface area contributed by atoms with Crippen molar-refractivity contribution >= 4 is 0 Å². The first-order valence-corrected chi connectivity index (χ1v) is 4.83. The Morgan fingerprint density at radius 3 is 2.71 bits per heavy atom. The van der Waals surface area contributed by atoms with Gasteiger partial charge in [-0.3, -0.25) is 0 Å². The van der Waals surface area contributed by atoms with E-state index in [2.05, 4.69) is 22.2 Å². The fraction of sp³-hybridized carbons (Fsp3) is 0.600. The monoisotopic (exact) mass is 195 g/mol. The van der Waals surface area contributed by atoms with Crippen molar-refractivity contribution in [1.29, 1.82) is 0 Å². The maximum absolute atomic E-state index is 5.09. The summed E-state index contributed by atoms with van der Waals surface area (Å²) in [6.45, 7) is 3.67. The van der Waals surface area contributed by atoms with Crippen molar-refractivity contribution in [2.75, 3.05) is 13.7 Å². The summed E-state index contributed by atoms with van der Waals surface area (Å²) in [5, 5.41) is 3.38. The smallest absolute Gasteiger partial charge is 0.115 e. The third-order valence-electron chi connectivity index (χ3n) is 2.07. The normalized spacial score (nSPS) is 12.7. The van der Waals surface area contributed by atoms with Crippen LogP contribution in [-0.2, 0) is 11.3 Å². The second-order valence-electron chi connectivity index (χ2n) is 3.19. The molecule has 1 N–H and O–H groups in total. The average molecular weight is 195 g/mol. The van der Waals surface area contributed by atoms with E-state index in [1.165, 1.54) is 6.33 Å². The summed E-state index contributed by atoms with van der Waals surface area (Å²) in [6.07, 6.45) is 6.23. The topological polar surface area (TPSA) is 47.0 Å². The molecule has 0 fully saturated rings. The lowest BCUT2D eigenvalue weighted by Gasteiger charge is -2.15. The van der Waals surface area contributed by atoms with Crippen LogP contribution in [0.1, 0.15) is 18.9 Å². The fourth-order valence-corrected chi connectivity index (χ4v) is 1.21. The Kier molecular flexibility index (Phi) is 5.11. The highest BCUT2D eigenvalue weighted by Gasteiger charge is 2.04. The van der Waals surface area contributed by atoms with Crippen LogP contribution in [0, 0.1) is 0 Å². The number of rotatable bonds is 6. The van der Waals surface area contributed by atoms with Crippen LogP contribution in [-0.4, -0.2) is 29.7 Å². The Morgan fingerprint density at radius 2 is 2.14 bits per heavy atom. The first-order valence-electron chi connectivity index (χ1n) is 4.83. The number of ether oxygens (including phenoxy) is 1. The number of hydrogen-bond acceptors (Lipinski definition) is 4. The Balaban J connectivity index is 2.32. The lowest BCUT2D eigenvalue weighted by Crippen LogP contribution is -2.32. The van der Waals surface area contributed by atoms with Gasteiger partial charge >= 0.3 is 0 Å². The molecule has 0 aliphatic carbocycles. The van der Waals surface area contributed by atoms with Crippen molar-refractivity contribution in [1.82, 2.24) is 15.3 Å². The van der Waals surface area contributed by atoms with Crippen molar-refractivity contribution in [3.63, 3.8) is 0 Å². The molecular formula is C10H17N3O. The van der Waals surface area contributed by atoms with E-state index in [0.29, 0.717) is 6.04 Å². The largest absolute Gasteiger partial charge is 0.383 e. The lowest BCUT2D eigenvalue weighted by atomic mass is 10.2. The fourth-order valence-electron chi connectivity index (χ4n) is 1.21. The van der Waals surface area contributed by atoms with Gasteiger partial charge in [0.05, 0.1) is 6.61 Å². The van der Waals surface area contributed by atoms with Crippen molar-refractivity contribution in [2.24, 2.45) is 0 Å². The van der Waals surface area contributed by atoms with Crippen LogP contribution in [0.25, 0.3) is 0 Å². The van der Waals surface area contributed by atoms with Gasteiger partial charge in [-0.25, -0.2) is 9.97 Å². The van der Waals surface area contributed by atoms with E-state index in [1.54, 1.807) is 7.11 Å². The highest BCUT2D eigenvalue weighted by atomic mass is 16.5. The highest BCUT2D eigenvalue weighted by molar-refractivity contribution is 5.01. The minimum atomic E-state index is 0.403. The van der Waals surface area contributed by atoms with Crippen LogP contribution in [0.2, 0.25) is 0 Å². The van der Waals surface area contributed by atoms with Crippen molar-refractivity contribution < 1.29 is 4.74 Å². The number of nitrogens with zero attached hydrogens (tertiary/aromatic N) is 2. The van der Waals surface area contributed by atoms with Gasteiger partial charge in [-0.2, -0.15) is 0 Å². The van der Waals surface area contributed by atoms with Gasteiger partial charge in [0.2, 0.25) is 0 Å². The Bertz CT molecular complexity index is 240. The molecule has 0 radical (unpaired) electrons. The zero-order chi connectivity index (χ0) is 10.2. The molecule has 0 aromatic carbocycles. The second-order valence-corrected chi connectivity index (χ2v) is 3.19. The van der Waals surface area contributed by atoms with Crippen LogP contribution >= 0.6 is 0 Å². The predicted octanol–water partition coefficient (Wildman–Crippen LogP) is 0.991. The summed E-state index contributed by atoms with van der Waals surface area (Å²) < 4.78 is 5.09. The molecule has 1 aromatic rings. The van der Waals surface area contributed by atoms with Gasteiger partial charge in [0, 0.05) is 37.7 Å². The molecule has 1 atom stereocenters. The first-order chi connectivity index (χ1) is 6.86. The van der Waals surface area contributed by atoms with Gasteiger partial charge in [-0.05, 0) is 6.42 Å². The van der Waals surface area contributed by atoms with Crippen molar-refractivity contribution in [3.8, 4) is 0 Å². The van der Waals surface area contributed by atoms with Gasteiger partial charge in [0.15, 0.2) is 0 Å². The molecule has 0 bridgehead atoms. The summed E-state index contributed by atoms with van der Waals surface area (Å²) in [7, 11) is 1.72. The maximum Gasteiger partial charge on any atom is 0.115 e. The van der Waals surface area contributed by atoms with E-state index in [1.807, 2.05) is 12.4 Å². The number of aromatic nitrogens is 2.